The van der Waals surface area contributed by atoms with E-state index in [0.29, 0.717) is 16.8 Å². The second kappa shape index (κ2) is 7.27. The summed E-state index contributed by atoms with van der Waals surface area (Å²) >= 11 is 5.77. The number of pyridine rings is 1. The highest BCUT2D eigenvalue weighted by Crippen LogP contribution is 2.18. The van der Waals surface area contributed by atoms with E-state index in [-0.39, 0.29) is 11.9 Å². The van der Waals surface area contributed by atoms with E-state index in [1.165, 1.54) is 11.8 Å². The van der Waals surface area contributed by atoms with Crippen LogP contribution in [-0.4, -0.2) is 16.9 Å². The summed E-state index contributed by atoms with van der Waals surface area (Å²) in [7, 11) is 0. The van der Waals surface area contributed by atoms with Gasteiger partial charge in [0.05, 0.1) is 5.02 Å². The first-order valence-corrected chi connectivity index (χ1v) is 7.62. The number of hydrogen-bond acceptors (Lipinski definition) is 3. The van der Waals surface area contributed by atoms with Crippen molar-refractivity contribution in [3.8, 4) is 0 Å². The lowest BCUT2D eigenvalue weighted by Crippen LogP contribution is -2.32. The predicted molar refractivity (Wildman–Crippen MR) is 91.5 cm³/mol. The average molecular weight is 318 g/mol. The second-order valence-corrected chi connectivity index (χ2v) is 5.93. The Morgan fingerprint density at radius 2 is 1.77 bits per heavy atom. The second-order valence-electron chi connectivity index (χ2n) is 5.49. The van der Waals surface area contributed by atoms with Crippen molar-refractivity contribution >= 4 is 29.0 Å². The fourth-order valence-corrected chi connectivity index (χ4v) is 2.08. The predicted octanol–water partition coefficient (Wildman–Crippen LogP) is 4.30. The molecule has 1 amide bonds. The van der Waals surface area contributed by atoms with Crippen LogP contribution < -0.4 is 10.6 Å². The van der Waals surface area contributed by atoms with Crippen LogP contribution in [0.15, 0.2) is 42.6 Å². The molecule has 1 aromatic carbocycles. The minimum absolute atomic E-state index is 0.150. The summed E-state index contributed by atoms with van der Waals surface area (Å²) in [6, 6.07) is 11.1. The maximum atomic E-state index is 12.1. The minimum Gasteiger partial charge on any atom is -0.374 e. The Kier molecular flexibility index (Phi) is 5.39. The lowest BCUT2D eigenvalue weighted by Gasteiger charge is -2.15. The number of nitrogens with one attached hydrogen (secondary N) is 2. The number of nitrogens with zero attached hydrogens (tertiary/aromatic N) is 1. The normalized spacial score (nSPS) is 12.0. The van der Waals surface area contributed by atoms with E-state index in [2.05, 4.69) is 41.6 Å². The number of aromatic nitrogens is 1. The Labute approximate surface area is 135 Å². The van der Waals surface area contributed by atoms with Gasteiger partial charge in [0.2, 0.25) is 5.91 Å². The van der Waals surface area contributed by atoms with E-state index in [0.717, 1.165) is 5.69 Å². The molecule has 4 nitrogen and oxygen atoms in total. The molecule has 0 aliphatic rings. The summed E-state index contributed by atoms with van der Waals surface area (Å²) in [5.41, 5.74) is 2.18. The molecular formula is C17H20ClN3O. The third-order valence-corrected chi connectivity index (χ3v) is 3.56. The molecule has 1 unspecified atom stereocenters. The van der Waals surface area contributed by atoms with Crippen molar-refractivity contribution in [3.05, 3.63) is 53.2 Å². The van der Waals surface area contributed by atoms with Gasteiger partial charge in [0.15, 0.2) is 0 Å². The molecule has 1 atom stereocenters. The van der Waals surface area contributed by atoms with Gasteiger partial charge in [-0.05, 0) is 42.7 Å². The van der Waals surface area contributed by atoms with Crippen molar-refractivity contribution in [3.63, 3.8) is 0 Å². The van der Waals surface area contributed by atoms with E-state index < -0.39 is 0 Å². The third kappa shape index (κ3) is 4.46. The Hall–Kier alpha value is -2.07. The van der Waals surface area contributed by atoms with Crippen LogP contribution >= 0.6 is 11.6 Å². The average Bonchev–Trinajstić information content (AvgIpc) is 2.50. The van der Waals surface area contributed by atoms with Crippen LogP contribution in [0.25, 0.3) is 0 Å². The molecule has 0 aliphatic carbocycles. The Morgan fingerprint density at radius 1 is 1.09 bits per heavy atom. The van der Waals surface area contributed by atoms with Crippen molar-refractivity contribution in [2.75, 3.05) is 10.6 Å². The van der Waals surface area contributed by atoms with Crippen LogP contribution in [0.2, 0.25) is 5.02 Å². The smallest absolute Gasteiger partial charge is 0.247 e. The summed E-state index contributed by atoms with van der Waals surface area (Å²) in [4.78, 5) is 16.2. The lowest BCUT2D eigenvalue weighted by atomic mass is 10.0. The van der Waals surface area contributed by atoms with Gasteiger partial charge in [-0.3, -0.25) is 4.79 Å². The molecule has 0 saturated heterocycles. The molecule has 0 radical (unpaired) electrons. The van der Waals surface area contributed by atoms with E-state index in [1.807, 2.05) is 19.1 Å². The fourth-order valence-electron chi connectivity index (χ4n) is 1.96. The molecule has 22 heavy (non-hydrogen) atoms. The first-order chi connectivity index (χ1) is 10.5. The number of halogens is 1. The van der Waals surface area contributed by atoms with Crippen molar-refractivity contribution < 1.29 is 4.79 Å². The van der Waals surface area contributed by atoms with Crippen molar-refractivity contribution in [1.29, 1.82) is 0 Å². The van der Waals surface area contributed by atoms with Gasteiger partial charge >= 0.3 is 0 Å². The number of carbonyl (C=O) groups is 1. The van der Waals surface area contributed by atoms with Crippen LogP contribution in [0.3, 0.4) is 0 Å². The van der Waals surface area contributed by atoms with Gasteiger partial charge < -0.3 is 10.6 Å². The molecule has 0 aliphatic heterocycles. The number of hydrogen-bond donors (Lipinski definition) is 2. The van der Waals surface area contributed by atoms with E-state index in [4.69, 9.17) is 11.6 Å². The molecular weight excluding hydrogens is 298 g/mol. The number of rotatable bonds is 5. The highest BCUT2D eigenvalue weighted by molar-refractivity contribution is 6.30. The molecule has 2 N–H and O–H groups in total. The molecule has 1 aromatic heterocycles. The van der Waals surface area contributed by atoms with E-state index >= 15 is 0 Å². The monoisotopic (exact) mass is 317 g/mol. The van der Waals surface area contributed by atoms with Gasteiger partial charge in [-0.1, -0.05) is 37.6 Å². The Balaban J connectivity index is 1.94. The summed E-state index contributed by atoms with van der Waals surface area (Å²) in [5.74, 6) is 0.826. The topological polar surface area (TPSA) is 54.0 Å². The Bertz CT molecular complexity index is 623. The summed E-state index contributed by atoms with van der Waals surface area (Å²) in [6.07, 6.45) is 1.50. The number of amides is 1. The highest BCUT2D eigenvalue weighted by Gasteiger charge is 2.13. The first kappa shape index (κ1) is 16.3. The van der Waals surface area contributed by atoms with Crippen LogP contribution in [0.1, 0.15) is 32.3 Å². The maximum absolute atomic E-state index is 12.1. The van der Waals surface area contributed by atoms with Gasteiger partial charge in [0.25, 0.3) is 0 Å². The molecule has 0 saturated carbocycles. The summed E-state index contributed by atoms with van der Waals surface area (Å²) in [5, 5.41) is 6.46. The quantitative estimate of drug-likeness (QED) is 0.864. The summed E-state index contributed by atoms with van der Waals surface area (Å²) in [6.45, 7) is 6.11. The standard InChI is InChI=1S/C17H20ClN3O/c1-11(2)13-4-7-15(8-5-13)20-12(3)17(22)21-16-9-6-14(18)10-19-16/h4-12,20H,1-3H3,(H,19,21,22). The zero-order valence-corrected chi connectivity index (χ0v) is 13.7. The number of anilines is 2. The molecule has 2 aromatic rings. The zero-order chi connectivity index (χ0) is 16.1. The van der Waals surface area contributed by atoms with E-state index in [9.17, 15) is 4.79 Å². The molecule has 2 rings (SSSR count). The summed E-state index contributed by atoms with van der Waals surface area (Å²) < 4.78 is 0. The largest absolute Gasteiger partial charge is 0.374 e. The van der Waals surface area contributed by atoms with Crippen LogP contribution in [0, 0.1) is 0 Å². The zero-order valence-electron chi connectivity index (χ0n) is 12.9. The van der Waals surface area contributed by atoms with Crippen LogP contribution in [0.4, 0.5) is 11.5 Å². The Morgan fingerprint density at radius 3 is 2.32 bits per heavy atom. The molecule has 116 valence electrons. The minimum atomic E-state index is -0.373. The first-order valence-electron chi connectivity index (χ1n) is 7.24. The molecule has 0 bridgehead atoms. The molecule has 0 spiro atoms. The SMILES string of the molecule is CC(Nc1ccc(C(C)C)cc1)C(=O)Nc1ccc(Cl)cn1. The van der Waals surface area contributed by atoms with Gasteiger partial charge in [0.1, 0.15) is 11.9 Å². The fraction of sp³-hybridized carbons (Fsp3) is 0.294. The van der Waals surface area contributed by atoms with Gasteiger partial charge in [0, 0.05) is 11.9 Å². The molecule has 0 fully saturated rings. The molecule has 1 heterocycles. The number of benzene rings is 1. The maximum Gasteiger partial charge on any atom is 0.247 e. The van der Waals surface area contributed by atoms with Crippen LogP contribution in [-0.2, 0) is 4.79 Å². The van der Waals surface area contributed by atoms with E-state index in [1.54, 1.807) is 12.1 Å². The third-order valence-electron chi connectivity index (χ3n) is 3.33. The number of carbonyl (C=O) groups excluding carboxylic acids is 1. The van der Waals surface area contributed by atoms with Gasteiger partial charge in [-0.2, -0.15) is 0 Å². The molecule has 5 heteroatoms. The van der Waals surface area contributed by atoms with Crippen LogP contribution in [0.5, 0.6) is 0 Å². The lowest BCUT2D eigenvalue weighted by molar-refractivity contribution is -0.116. The van der Waals surface area contributed by atoms with Gasteiger partial charge in [-0.25, -0.2) is 4.98 Å². The van der Waals surface area contributed by atoms with Crippen molar-refractivity contribution in [2.45, 2.75) is 32.7 Å². The van der Waals surface area contributed by atoms with Crippen molar-refractivity contribution in [1.82, 2.24) is 4.98 Å². The van der Waals surface area contributed by atoms with Crippen molar-refractivity contribution in [2.24, 2.45) is 0 Å². The van der Waals surface area contributed by atoms with Gasteiger partial charge in [-0.15, -0.1) is 0 Å². The highest BCUT2D eigenvalue weighted by atomic mass is 35.5.